The summed E-state index contributed by atoms with van der Waals surface area (Å²) in [5.41, 5.74) is 0. The smallest absolute Gasteiger partial charge is 0.217 e. The summed E-state index contributed by atoms with van der Waals surface area (Å²) in [7, 11) is 0. The fraction of sp³-hybridized carbons (Fsp3) is 0.867. The summed E-state index contributed by atoms with van der Waals surface area (Å²) in [6.45, 7) is 1.45. The van der Waals surface area contributed by atoms with Crippen molar-refractivity contribution in [1.29, 1.82) is 0 Å². The average Bonchev–Trinajstić information content (AvgIpc) is 2.59. The Hall–Kier alpha value is -1.38. The highest BCUT2D eigenvalue weighted by Crippen LogP contribution is 2.27. The van der Waals surface area contributed by atoms with Crippen molar-refractivity contribution in [2.75, 3.05) is 13.2 Å². The highest BCUT2D eigenvalue weighted by atomic mass is 16.7. The lowest BCUT2D eigenvalue weighted by Crippen LogP contribution is -2.67. The van der Waals surface area contributed by atoms with Gasteiger partial charge >= 0.3 is 0 Å². The minimum atomic E-state index is -1.59. The van der Waals surface area contributed by atoms with Crippen LogP contribution >= 0.6 is 0 Å². The molecule has 2 fully saturated rings. The van der Waals surface area contributed by atoms with E-state index in [-0.39, 0.29) is 6.61 Å². The van der Waals surface area contributed by atoms with Crippen LogP contribution in [0.1, 0.15) is 13.8 Å². The summed E-state index contributed by atoms with van der Waals surface area (Å²) in [5.74, 6) is -1.05. The Balaban J connectivity index is 2.19. The molecule has 0 unspecified atom stereocenters. The van der Waals surface area contributed by atoms with E-state index in [0.717, 1.165) is 0 Å². The first-order valence-corrected chi connectivity index (χ1v) is 8.45. The van der Waals surface area contributed by atoms with Gasteiger partial charge in [0.1, 0.15) is 42.6 Å². The van der Waals surface area contributed by atoms with Crippen LogP contribution in [0.25, 0.3) is 0 Å². The number of hydrogen-bond acceptors (Lipinski definition) is 10. The number of aliphatic hydroxyl groups excluding tert-OH is 5. The van der Waals surface area contributed by atoms with Gasteiger partial charge in [0.25, 0.3) is 0 Å². The molecule has 0 radical (unpaired) electrons. The summed E-state index contributed by atoms with van der Waals surface area (Å²) >= 11 is 0. The van der Waals surface area contributed by atoms with Gasteiger partial charge in [0.05, 0.1) is 13.2 Å². The first-order chi connectivity index (χ1) is 12.6. The van der Waals surface area contributed by atoms with Crippen molar-refractivity contribution < 1.29 is 49.3 Å². The van der Waals surface area contributed by atoms with E-state index in [9.17, 15) is 35.1 Å². The van der Waals surface area contributed by atoms with Gasteiger partial charge in [-0.3, -0.25) is 9.59 Å². The zero-order chi connectivity index (χ0) is 20.3. The summed E-state index contributed by atoms with van der Waals surface area (Å²) in [5, 5.41) is 54.5. The van der Waals surface area contributed by atoms with Crippen molar-refractivity contribution in [3.63, 3.8) is 0 Å². The van der Waals surface area contributed by atoms with E-state index in [0.29, 0.717) is 0 Å². The molecule has 2 saturated heterocycles. The normalized spacial score (nSPS) is 42.4. The first kappa shape index (κ1) is 21.9. The van der Waals surface area contributed by atoms with Gasteiger partial charge in [-0.1, -0.05) is 0 Å². The maximum Gasteiger partial charge on any atom is 0.217 e. The minimum absolute atomic E-state index is 0.298. The molecule has 2 rings (SSSR count). The topological polar surface area (TPSA) is 187 Å². The highest BCUT2D eigenvalue weighted by Gasteiger charge is 2.49. The molecule has 0 aliphatic carbocycles. The quantitative estimate of drug-likeness (QED) is 0.240. The standard InChI is InChI=1S/C15H26N2O10/c1-5(19)16-9-12(23)13(8(3-18)26-14(9)24)27-15-10(17-6(2)20)11(22)7(21)4-25-15/h7-15,18,21-24H,3-4H2,1-2H3,(H,16,19)(H,17,20)/t7-,8-,9-,10-,11+,12-,13-,14-,15+/m1/s1. The molecule has 12 nitrogen and oxygen atoms in total. The van der Waals surface area contributed by atoms with Crippen LogP contribution in [0.4, 0.5) is 0 Å². The molecule has 156 valence electrons. The van der Waals surface area contributed by atoms with E-state index < -0.39 is 73.6 Å². The van der Waals surface area contributed by atoms with Crippen LogP contribution in [0.5, 0.6) is 0 Å². The highest BCUT2D eigenvalue weighted by molar-refractivity contribution is 5.73. The van der Waals surface area contributed by atoms with Crippen molar-refractivity contribution in [3.8, 4) is 0 Å². The second kappa shape index (κ2) is 9.21. The van der Waals surface area contributed by atoms with E-state index in [1.807, 2.05) is 0 Å². The molecule has 2 aliphatic rings. The summed E-state index contributed by atoms with van der Waals surface area (Å²) in [4.78, 5) is 22.7. The molecule has 0 bridgehead atoms. The number of nitrogens with one attached hydrogen (secondary N) is 2. The van der Waals surface area contributed by atoms with E-state index in [1.165, 1.54) is 13.8 Å². The van der Waals surface area contributed by atoms with Gasteiger partial charge in [-0.25, -0.2) is 0 Å². The largest absolute Gasteiger partial charge is 0.394 e. The number of carbonyl (C=O) groups is 2. The van der Waals surface area contributed by atoms with Gasteiger partial charge in [0.2, 0.25) is 11.8 Å². The molecule has 2 aliphatic heterocycles. The second-order valence-corrected chi connectivity index (χ2v) is 6.55. The third-order valence-electron chi connectivity index (χ3n) is 4.39. The minimum Gasteiger partial charge on any atom is -0.394 e. The van der Waals surface area contributed by atoms with Crippen LogP contribution in [-0.2, 0) is 23.8 Å². The first-order valence-electron chi connectivity index (χ1n) is 8.45. The van der Waals surface area contributed by atoms with E-state index in [4.69, 9.17) is 14.2 Å². The van der Waals surface area contributed by atoms with E-state index >= 15 is 0 Å². The van der Waals surface area contributed by atoms with E-state index in [2.05, 4.69) is 10.6 Å². The molecule has 7 N–H and O–H groups in total. The average molecular weight is 394 g/mol. The lowest BCUT2D eigenvalue weighted by Gasteiger charge is -2.45. The van der Waals surface area contributed by atoms with Crippen LogP contribution in [0, 0.1) is 0 Å². The van der Waals surface area contributed by atoms with Crippen molar-refractivity contribution in [1.82, 2.24) is 10.6 Å². The maximum atomic E-state index is 11.4. The Labute approximate surface area is 155 Å². The Morgan fingerprint density at radius 2 is 1.63 bits per heavy atom. The molecule has 0 saturated carbocycles. The van der Waals surface area contributed by atoms with Crippen LogP contribution in [0.2, 0.25) is 0 Å². The predicted octanol–water partition coefficient (Wildman–Crippen LogP) is -4.47. The number of aliphatic hydroxyl groups is 5. The van der Waals surface area contributed by atoms with Gasteiger partial charge in [-0.05, 0) is 0 Å². The van der Waals surface area contributed by atoms with Gasteiger partial charge in [-0.15, -0.1) is 0 Å². The predicted molar refractivity (Wildman–Crippen MR) is 85.8 cm³/mol. The van der Waals surface area contributed by atoms with Gasteiger partial charge < -0.3 is 50.4 Å². The summed E-state index contributed by atoms with van der Waals surface area (Å²) in [6, 6.07) is -2.41. The molecular weight excluding hydrogens is 368 g/mol. The number of amides is 2. The molecule has 0 aromatic rings. The van der Waals surface area contributed by atoms with Crippen molar-refractivity contribution in [3.05, 3.63) is 0 Å². The molecule has 2 heterocycles. The van der Waals surface area contributed by atoms with Crippen LogP contribution < -0.4 is 10.6 Å². The fourth-order valence-electron chi connectivity index (χ4n) is 3.10. The lowest BCUT2D eigenvalue weighted by molar-refractivity contribution is -0.313. The summed E-state index contributed by atoms with van der Waals surface area (Å²) in [6.07, 6.45) is -9.51. The molecule has 12 heteroatoms. The van der Waals surface area contributed by atoms with Gasteiger partial charge in [0.15, 0.2) is 12.6 Å². The van der Waals surface area contributed by atoms with Crippen LogP contribution in [0.15, 0.2) is 0 Å². The number of hydrogen-bond donors (Lipinski definition) is 7. The van der Waals surface area contributed by atoms with Crippen LogP contribution in [0.3, 0.4) is 0 Å². The Morgan fingerprint density at radius 1 is 1.04 bits per heavy atom. The molecule has 2 amide bonds. The zero-order valence-corrected chi connectivity index (χ0v) is 14.9. The maximum absolute atomic E-state index is 11.4. The second-order valence-electron chi connectivity index (χ2n) is 6.55. The molecular formula is C15H26N2O10. The molecule has 27 heavy (non-hydrogen) atoms. The third-order valence-corrected chi connectivity index (χ3v) is 4.39. The molecule has 0 aromatic heterocycles. The third kappa shape index (κ3) is 5.12. The van der Waals surface area contributed by atoms with Crippen molar-refractivity contribution in [2.45, 2.75) is 69.0 Å². The molecule has 0 aromatic carbocycles. The fourth-order valence-corrected chi connectivity index (χ4v) is 3.10. The summed E-state index contributed by atoms with van der Waals surface area (Å²) < 4.78 is 16.1. The lowest BCUT2D eigenvalue weighted by atomic mass is 9.96. The molecule has 9 atom stereocenters. The molecule has 0 spiro atoms. The Kier molecular flexibility index (Phi) is 7.47. The van der Waals surface area contributed by atoms with Crippen LogP contribution in [-0.4, -0.2) is 106 Å². The van der Waals surface area contributed by atoms with Crippen molar-refractivity contribution in [2.24, 2.45) is 0 Å². The van der Waals surface area contributed by atoms with Gasteiger partial charge in [-0.2, -0.15) is 0 Å². The number of rotatable bonds is 5. The number of ether oxygens (including phenoxy) is 3. The Bertz CT molecular complexity index is 535. The van der Waals surface area contributed by atoms with Crippen molar-refractivity contribution >= 4 is 11.8 Å². The SMILES string of the molecule is CC(=O)N[C@@H]1[C@@H](O)[C@H](O[C@@H]2OC[C@@H](O)[C@H](O)[C@H]2NC(C)=O)[C@@H](CO)O[C@H]1O. The monoisotopic (exact) mass is 394 g/mol. The zero-order valence-electron chi connectivity index (χ0n) is 14.9. The van der Waals surface area contributed by atoms with Gasteiger partial charge in [0, 0.05) is 13.8 Å². The van der Waals surface area contributed by atoms with E-state index in [1.54, 1.807) is 0 Å². The number of carbonyl (C=O) groups excluding carboxylic acids is 2. The Morgan fingerprint density at radius 3 is 2.19 bits per heavy atom.